The first-order chi connectivity index (χ1) is 8.88. The largest absolute Gasteiger partial charge is 0.478 e. The van der Waals surface area contributed by atoms with Crippen LogP contribution in [0.5, 0.6) is 0 Å². The standard InChI is InChI=1S/C13H12N2O4/c1-7-3-8(2)5-9(4-7)15-6-10(12(16)17)11(14-15)13(18)19/h3-6H,1-2H3,(H,16,17)(H,18,19). The lowest BCUT2D eigenvalue weighted by Crippen LogP contribution is -2.06. The molecule has 2 rings (SSSR count). The molecule has 19 heavy (non-hydrogen) atoms. The summed E-state index contributed by atoms with van der Waals surface area (Å²) in [5, 5.41) is 21.7. The minimum atomic E-state index is -1.36. The van der Waals surface area contributed by atoms with Crippen molar-refractivity contribution < 1.29 is 19.8 Å². The lowest BCUT2D eigenvalue weighted by Gasteiger charge is -2.04. The molecule has 0 amide bonds. The van der Waals surface area contributed by atoms with E-state index in [1.54, 1.807) is 12.1 Å². The lowest BCUT2D eigenvalue weighted by atomic mass is 10.1. The average molecular weight is 260 g/mol. The van der Waals surface area contributed by atoms with Crippen LogP contribution >= 0.6 is 0 Å². The summed E-state index contributed by atoms with van der Waals surface area (Å²) in [6.45, 7) is 3.80. The molecule has 0 unspecified atom stereocenters. The van der Waals surface area contributed by atoms with Gasteiger partial charge in [0.25, 0.3) is 0 Å². The predicted molar refractivity (Wildman–Crippen MR) is 67.0 cm³/mol. The van der Waals surface area contributed by atoms with Crippen LogP contribution in [0.2, 0.25) is 0 Å². The molecule has 0 radical (unpaired) electrons. The Morgan fingerprint density at radius 3 is 2.05 bits per heavy atom. The number of carboxylic acids is 2. The van der Waals surface area contributed by atoms with E-state index in [-0.39, 0.29) is 5.56 Å². The molecule has 0 bridgehead atoms. The highest BCUT2D eigenvalue weighted by Gasteiger charge is 2.21. The van der Waals surface area contributed by atoms with Crippen molar-refractivity contribution in [3.63, 3.8) is 0 Å². The van der Waals surface area contributed by atoms with Crippen LogP contribution in [0.3, 0.4) is 0 Å². The van der Waals surface area contributed by atoms with E-state index in [1.165, 1.54) is 10.9 Å². The van der Waals surface area contributed by atoms with Crippen molar-refractivity contribution in [1.29, 1.82) is 0 Å². The summed E-state index contributed by atoms with van der Waals surface area (Å²) in [6, 6.07) is 5.57. The highest BCUT2D eigenvalue weighted by atomic mass is 16.4. The fourth-order valence-electron chi connectivity index (χ4n) is 1.90. The van der Waals surface area contributed by atoms with E-state index in [9.17, 15) is 9.59 Å². The second-order valence-electron chi connectivity index (χ2n) is 4.29. The molecule has 6 nitrogen and oxygen atoms in total. The van der Waals surface area contributed by atoms with Crippen LogP contribution in [0.15, 0.2) is 24.4 Å². The molecule has 2 N–H and O–H groups in total. The molecule has 0 aliphatic rings. The maximum absolute atomic E-state index is 11.0. The molecule has 0 fully saturated rings. The van der Waals surface area contributed by atoms with Gasteiger partial charge in [-0.25, -0.2) is 14.3 Å². The molecule has 1 aromatic carbocycles. The number of hydrogen-bond donors (Lipinski definition) is 2. The van der Waals surface area contributed by atoms with Gasteiger partial charge in [0.05, 0.1) is 5.69 Å². The number of rotatable bonds is 3. The molecule has 0 atom stereocenters. The summed E-state index contributed by atoms with van der Waals surface area (Å²) in [5.74, 6) is -2.67. The van der Waals surface area contributed by atoms with Gasteiger partial charge in [0.1, 0.15) is 5.56 Å². The molecule has 0 aliphatic heterocycles. The third-order valence-corrected chi connectivity index (χ3v) is 2.62. The van der Waals surface area contributed by atoms with Crippen LogP contribution in [-0.4, -0.2) is 31.9 Å². The zero-order chi connectivity index (χ0) is 14.2. The van der Waals surface area contributed by atoms with E-state index in [2.05, 4.69) is 5.10 Å². The molecule has 0 spiro atoms. The Balaban J connectivity index is 2.60. The van der Waals surface area contributed by atoms with E-state index in [4.69, 9.17) is 10.2 Å². The van der Waals surface area contributed by atoms with E-state index in [1.807, 2.05) is 19.9 Å². The monoisotopic (exact) mass is 260 g/mol. The van der Waals surface area contributed by atoms with Gasteiger partial charge in [0.15, 0.2) is 5.69 Å². The summed E-state index contributed by atoms with van der Waals surface area (Å²) >= 11 is 0. The minimum Gasteiger partial charge on any atom is -0.478 e. The zero-order valence-corrected chi connectivity index (χ0v) is 10.4. The van der Waals surface area contributed by atoms with Crippen LogP contribution in [-0.2, 0) is 0 Å². The fraction of sp³-hybridized carbons (Fsp3) is 0.154. The molecular formula is C13H12N2O4. The van der Waals surface area contributed by atoms with Crippen molar-refractivity contribution in [1.82, 2.24) is 9.78 Å². The second kappa shape index (κ2) is 4.56. The predicted octanol–water partition coefficient (Wildman–Crippen LogP) is 1.89. The van der Waals surface area contributed by atoms with Gasteiger partial charge in [-0.05, 0) is 37.1 Å². The summed E-state index contributed by atoms with van der Waals surface area (Å²) in [5.41, 5.74) is 1.81. The maximum atomic E-state index is 11.0. The van der Waals surface area contributed by atoms with Crippen molar-refractivity contribution >= 4 is 11.9 Å². The first kappa shape index (κ1) is 12.8. The molecule has 0 aliphatic carbocycles. The van der Waals surface area contributed by atoms with Gasteiger partial charge in [-0.1, -0.05) is 6.07 Å². The van der Waals surface area contributed by atoms with E-state index in [0.29, 0.717) is 5.69 Å². The molecule has 98 valence electrons. The van der Waals surface area contributed by atoms with E-state index < -0.39 is 17.6 Å². The number of carboxylic acid groups (broad SMARTS) is 2. The average Bonchev–Trinajstić information content (AvgIpc) is 2.72. The molecule has 0 saturated heterocycles. The fourth-order valence-corrected chi connectivity index (χ4v) is 1.90. The van der Waals surface area contributed by atoms with Gasteiger partial charge in [-0.15, -0.1) is 0 Å². The number of benzene rings is 1. The Morgan fingerprint density at radius 1 is 1.05 bits per heavy atom. The van der Waals surface area contributed by atoms with Crippen molar-refractivity contribution in [2.24, 2.45) is 0 Å². The number of hydrogen-bond acceptors (Lipinski definition) is 3. The van der Waals surface area contributed by atoms with E-state index in [0.717, 1.165) is 11.1 Å². The molecule has 1 aromatic heterocycles. The SMILES string of the molecule is Cc1cc(C)cc(-n2cc(C(=O)O)c(C(=O)O)n2)c1. The lowest BCUT2D eigenvalue weighted by molar-refractivity contribution is 0.0648. The van der Waals surface area contributed by atoms with Crippen LogP contribution in [0.1, 0.15) is 32.0 Å². The third-order valence-electron chi connectivity index (χ3n) is 2.62. The van der Waals surface area contributed by atoms with Gasteiger partial charge in [0.2, 0.25) is 0 Å². The van der Waals surface area contributed by atoms with Crippen LogP contribution in [0.25, 0.3) is 5.69 Å². The summed E-state index contributed by atoms with van der Waals surface area (Å²) in [4.78, 5) is 22.0. The topological polar surface area (TPSA) is 92.4 Å². The van der Waals surface area contributed by atoms with Crippen molar-refractivity contribution in [3.05, 3.63) is 46.8 Å². The number of aryl methyl sites for hydroxylation is 2. The summed E-state index contributed by atoms with van der Waals surface area (Å²) in [7, 11) is 0. The molecule has 0 saturated carbocycles. The maximum Gasteiger partial charge on any atom is 0.357 e. The first-order valence-corrected chi connectivity index (χ1v) is 5.53. The van der Waals surface area contributed by atoms with Crippen molar-refractivity contribution in [2.45, 2.75) is 13.8 Å². The highest BCUT2D eigenvalue weighted by molar-refractivity contribution is 6.00. The Morgan fingerprint density at radius 2 is 1.63 bits per heavy atom. The zero-order valence-electron chi connectivity index (χ0n) is 10.4. The quantitative estimate of drug-likeness (QED) is 0.879. The Labute approximate surface area is 108 Å². The second-order valence-corrected chi connectivity index (χ2v) is 4.29. The van der Waals surface area contributed by atoms with Gasteiger partial charge < -0.3 is 10.2 Å². The molecule has 2 aromatic rings. The molecule has 6 heteroatoms. The van der Waals surface area contributed by atoms with E-state index >= 15 is 0 Å². The summed E-state index contributed by atoms with van der Waals surface area (Å²) in [6.07, 6.45) is 1.21. The first-order valence-electron chi connectivity index (χ1n) is 5.53. The van der Waals surface area contributed by atoms with Crippen molar-refractivity contribution in [2.75, 3.05) is 0 Å². The van der Waals surface area contributed by atoms with Crippen LogP contribution in [0.4, 0.5) is 0 Å². The Bertz CT molecular complexity index is 622. The molecular weight excluding hydrogens is 248 g/mol. The smallest absolute Gasteiger partial charge is 0.357 e. The number of aromatic nitrogens is 2. The number of carbonyl (C=O) groups is 2. The van der Waals surface area contributed by atoms with Gasteiger partial charge in [-0.2, -0.15) is 5.10 Å². The summed E-state index contributed by atoms with van der Waals surface area (Å²) < 4.78 is 1.27. The Kier molecular flexibility index (Phi) is 3.08. The van der Waals surface area contributed by atoms with Gasteiger partial charge >= 0.3 is 11.9 Å². The third kappa shape index (κ3) is 2.47. The molecule has 1 heterocycles. The normalized spacial score (nSPS) is 10.4. The highest BCUT2D eigenvalue weighted by Crippen LogP contribution is 2.16. The van der Waals surface area contributed by atoms with Gasteiger partial charge in [0, 0.05) is 6.20 Å². The van der Waals surface area contributed by atoms with Crippen molar-refractivity contribution in [3.8, 4) is 5.69 Å². The van der Waals surface area contributed by atoms with Crippen LogP contribution in [0, 0.1) is 13.8 Å². The number of nitrogens with zero attached hydrogens (tertiary/aromatic N) is 2. The minimum absolute atomic E-state index is 0.327. The number of aromatic carboxylic acids is 2. The Hall–Kier alpha value is -2.63. The van der Waals surface area contributed by atoms with Crippen LogP contribution < -0.4 is 0 Å². The van der Waals surface area contributed by atoms with Gasteiger partial charge in [-0.3, -0.25) is 0 Å².